The van der Waals surface area contributed by atoms with Gasteiger partial charge in [0.05, 0.1) is 18.2 Å². The van der Waals surface area contributed by atoms with E-state index in [2.05, 4.69) is 31.8 Å². The summed E-state index contributed by atoms with van der Waals surface area (Å²) < 4.78 is 0. The number of hydrogen-bond donors (Lipinski definition) is 1. The van der Waals surface area contributed by atoms with Crippen LogP contribution in [-0.4, -0.2) is 17.4 Å². The van der Waals surface area contributed by atoms with Crippen LogP contribution in [0.2, 0.25) is 0 Å². The topological polar surface area (TPSA) is 56.4 Å². The Morgan fingerprint density at radius 2 is 2.11 bits per heavy atom. The van der Waals surface area contributed by atoms with Crippen molar-refractivity contribution in [1.29, 1.82) is 5.26 Å². The Morgan fingerprint density at radius 1 is 1.39 bits per heavy atom. The second-order valence-corrected chi connectivity index (χ2v) is 5.68. The highest BCUT2D eigenvalue weighted by Crippen LogP contribution is 2.30. The zero-order valence-electron chi connectivity index (χ0n) is 11.1. The number of aliphatic hydroxyl groups is 1. The van der Waals surface area contributed by atoms with Gasteiger partial charge >= 0.3 is 0 Å². The van der Waals surface area contributed by atoms with Crippen LogP contribution >= 0.6 is 0 Å². The molecule has 0 atom stereocenters. The van der Waals surface area contributed by atoms with Gasteiger partial charge in [-0.3, -0.25) is 4.99 Å². The minimum atomic E-state index is -0.0680. The van der Waals surface area contributed by atoms with Gasteiger partial charge in [0.1, 0.15) is 0 Å². The minimum Gasteiger partial charge on any atom is -0.392 e. The lowest BCUT2D eigenvalue weighted by Crippen LogP contribution is -2.27. The Bertz CT molecular complexity index is 545. The molecule has 1 N–H and O–H groups in total. The van der Waals surface area contributed by atoms with Crippen LogP contribution in [-0.2, 0) is 13.0 Å². The van der Waals surface area contributed by atoms with Crippen molar-refractivity contribution in [2.75, 3.05) is 6.54 Å². The third-order valence-electron chi connectivity index (χ3n) is 3.18. The zero-order valence-corrected chi connectivity index (χ0v) is 11.1. The standard InChI is InChI=1S/C15H18N2O/c1-15(2,3)14-13-11(4-5-17-14)6-10(9-18)7-12(13)8-16/h6-7,18H,4-5,9H2,1-3H3. The van der Waals surface area contributed by atoms with Crippen LogP contribution in [0.15, 0.2) is 17.1 Å². The maximum absolute atomic E-state index is 9.31. The van der Waals surface area contributed by atoms with E-state index in [0.29, 0.717) is 5.56 Å². The molecule has 0 fully saturated rings. The summed E-state index contributed by atoms with van der Waals surface area (Å²) in [6.45, 7) is 7.08. The van der Waals surface area contributed by atoms with E-state index in [-0.39, 0.29) is 12.0 Å². The number of aliphatic hydroxyl groups excluding tert-OH is 1. The van der Waals surface area contributed by atoms with Crippen LogP contribution in [0.1, 0.15) is 43.0 Å². The quantitative estimate of drug-likeness (QED) is 0.822. The van der Waals surface area contributed by atoms with Gasteiger partial charge in [-0.2, -0.15) is 5.26 Å². The number of rotatable bonds is 1. The lowest BCUT2D eigenvalue weighted by Gasteiger charge is -2.28. The summed E-state index contributed by atoms with van der Waals surface area (Å²) in [6.07, 6.45) is 0.845. The van der Waals surface area contributed by atoms with Crippen molar-refractivity contribution in [3.05, 3.63) is 34.4 Å². The molecule has 0 unspecified atom stereocenters. The highest BCUT2D eigenvalue weighted by atomic mass is 16.3. The lowest BCUT2D eigenvalue weighted by atomic mass is 9.79. The fraction of sp³-hybridized carbons (Fsp3) is 0.467. The molecule has 0 radical (unpaired) electrons. The van der Waals surface area contributed by atoms with Gasteiger partial charge in [-0.05, 0) is 23.6 Å². The Morgan fingerprint density at radius 3 is 2.67 bits per heavy atom. The van der Waals surface area contributed by atoms with Gasteiger partial charge in [0.2, 0.25) is 0 Å². The molecule has 1 aromatic rings. The Hall–Kier alpha value is -1.66. The second kappa shape index (κ2) is 4.55. The molecule has 2 rings (SSSR count). The molecule has 0 amide bonds. The van der Waals surface area contributed by atoms with E-state index in [9.17, 15) is 10.4 Å². The molecule has 0 aromatic heterocycles. The number of hydrogen-bond acceptors (Lipinski definition) is 3. The molecular weight excluding hydrogens is 224 g/mol. The lowest BCUT2D eigenvalue weighted by molar-refractivity contribution is 0.281. The predicted molar refractivity (Wildman–Crippen MR) is 71.6 cm³/mol. The summed E-state index contributed by atoms with van der Waals surface area (Å²) in [5.74, 6) is 0. The fourth-order valence-corrected chi connectivity index (χ4v) is 2.40. The molecule has 1 aliphatic heterocycles. The van der Waals surface area contributed by atoms with Crippen molar-refractivity contribution in [2.24, 2.45) is 10.4 Å². The Kier molecular flexibility index (Phi) is 3.23. The van der Waals surface area contributed by atoms with Gasteiger partial charge in [-0.25, -0.2) is 0 Å². The van der Waals surface area contributed by atoms with Crippen molar-refractivity contribution in [2.45, 2.75) is 33.8 Å². The molecule has 1 aromatic carbocycles. The Labute approximate surface area is 108 Å². The van der Waals surface area contributed by atoms with Crippen molar-refractivity contribution < 1.29 is 5.11 Å². The molecule has 1 aliphatic rings. The van der Waals surface area contributed by atoms with Crippen molar-refractivity contribution in [3.63, 3.8) is 0 Å². The maximum Gasteiger partial charge on any atom is 0.0998 e. The van der Waals surface area contributed by atoms with E-state index in [4.69, 9.17) is 0 Å². The van der Waals surface area contributed by atoms with Crippen LogP contribution in [0.25, 0.3) is 0 Å². The SMILES string of the molecule is CC(C)(C)C1=NCCc2cc(CO)cc(C#N)c21. The van der Waals surface area contributed by atoms with Crippen LogP contribution in [0.4, 0.5) is 0 Å². The average Bonchev–Trinajstić information content (AvgIpc) is 2.35. The van der Waals surface area contributed by atoms with E-state index in [1.165, 1.54) is 0 Å². The summed E-state index contributed by atoms with van der Waals surface area (Å²) in [7, 11) is 0. The van der Waals surface area contributed by atoms with Gasteiger partial charge in [-0.15, -0.1) is 0 Å². The van der Waals surface area contributed by atoms with Crippen LogP contribution < -0.4 is 0 Å². The van der Waals surface area contributed by atoms with E-state index in [0.717, 1.165) is 35.4 Å². The number of nitrogens with zero attached hydrogens (tertiary/aromatic N) is 2. The number of fused-ring (bicyclic) bond motifs is 1. The zero-order chi connectivity index (χ0) is 13.3. The van der Waals surface area contributed by atoms with Gasteiger partial charge in [0, 0.05) is 23.2 Å². The summed E-state index contributed by atoms with van der Waals surface area (Å²) in [6, 6.07) is 6.01. The molecule has 3 heteroatoms. The normalized spacial score (nSPS) is 14.7. The first-order chi connectivity index (χ1) is 8.47. The van der Waals surface area contributed by atoms with Crippen molar-refractivity contribution >= 4 is 5.71 Å². The summed E-state index contributed by atoms with van der Waals surface area (Å²) in [5, 5.41) is 18.6. The molecule has 3 nitrogen and oxygen atoms in total. The van der Waals surface area contributed by atoms with Gasteiger partial charge in [-0.1, -0.05) is 26.8 Å². The smallest absolute Gasteiger partial charge is 0.0998 e. The van der Waals surface area contributed by atoms with E-state index in [1.54, 1.807) is 6.07 Å². The number of nitriles is 1. The largest absolute Gasteiger partial charge is 0.392 e. The number of aliphatic imine (C=N–C) groups is 1. The first-order valence-corrected chi connectivity index (χ1v) is 6.19. The highest BCUT2D eigenvalue weighted by Gasteiger charge is 2.27. The van der Waals surface area contributed by atoms with E-state index >= 15 is 0 Å². The summed E-state index contributed by atoms with van der Waals surface area (Å²) in [4.78, 5) is 4.61. The highest BCUT2D eigenvalue weighted by molar-refractivity contribution is 6.07. The fourth-order valence-electron chi connectivity index (χ4n) is 2.40. The molecule has 18 heavy (non-hydrogen) atoms. The average molecular weight is 242 g/mol. The van der Waals surface area contributed by atoms with Gasteiger partial charge in [0.15, 0.2) is 0 Å². The predicted octanol–water partition coefficient (Wildman–Crippen LogP) is 2.44. The van der Waals surface area contributed by atoms with E-state index < -0.39 is 0 Å². The molecular formula is C15H18N2O. The molecule has 0 spiro atoms. The summed E-state index contributed by atoms with van der Waals surface area (Å²) in [5.41, 5.74) is 4.49. The molecule has 0 aliphatic carbocycles. The third-order valence-corrected chi connectivity index (χ3v) is 3.18. The van der Waals surface area contributed by atoms with Crippen LogP contribution in [0.5, 0.6) is 0 Å². The van der Waals surface area contributed by atoms with E-state index in [1.807, 2.05) is 6.07 Å². The van der Waals surface area contributed by atoms with Gasteiger partial charge < -0.3 is 5.11 Å². The maximum atomic E-state index is 9.31. The van der Waals surface area contributed by atoms with Crippen molar-refractivity contribution in [1.82, 2.24) is 0 Å². The first-order valence-electron chi connectivity index (χ1n) is 6.19. The van der Waals surface area contributed by atoms with Gasteiger partial charge in [0.25, 0.3) is 0 Å². The van der Waals surface area contributed by atoms with Crippen LogP contribution in [0.3, 0.4) is 0 Å². The number of benzene rings is 1. The minimum absolute atomic E-state index is 0.0239. The van der Waals surface area contributed by atoms with Crippen molar-refractivity contribution in [3.8, 4) is 6.07 Å². The molecule has 0 saturated heterocycles. The van der Waals surface area contributed by atoms with Crippen LogP contribution in [0, 0.1) is 16.7 Å². The second-order valence-electron chi connectivity index (χ2n) is 5.68. The first kappa shape index (κ1) is 12.8. The summed E-state index contributed by atoms with van der Waals surface area (Å²) >= 11 is 0. The molecule has 0 bridgehead atoms. The Balaban J connectivity index is 2.67. The molecule has 0 saturated carbocycles. The monoisotopic (exact) mass is 242 g/mol. The molecule has 94 valence electrons. The third kappa shape index (κ3) is 2.16. The molecule has 1 heterocycles.